The lowest BCUT2D eigenvalue weighted by molar-refractivity contribution is -0.127. The molecule has 1 atom stereocenters. The average molecular weight is 311 g/mol. The molecule has 1 rings (SSSR count). The van der Waals surface area contributed by atoms with Gasteiger partial charge in [-0.25, -0.2) is 0 Å². The summed E-state index contributed by atoms with van der Waals surface area (Å²) in [5.74, 6) is -0.383. The van der Waals surface area contributed by atoms with Gasteiger partial charge in [-0.05, 0) is 24.1 Å². The minimum absolute atomic E-state index is 0. The van der Waals surface area contributed by atoms with Crippen molar-refractivity contribution in [3.05, 3.63) is 29.8 Å². The second kappa shape index (κ2) is 8.11. The van der Waals surface area contributed by atoms with Gasteiger partial charge in [-0.2, -0.15) is 13.2 Å². The summed E-state index contributed by atoms with van der Waals surface area (Å²) in [5.41, 5.74) is 6.06. The van der Waals surface area contributed by atoms with E-state index < -0.39 is 18.6 Å². The standard InChI is InChI=1S/C13H17F3N2O.ClH/c1-2-4-11(17)12(19)18-10-6-3-5-9(7-10)8-13(14,15)16;/h3,5-7,11H,2,4,8,17H2,1H3,(H,18,19);1H. The number of hydrogen-bond acceptors (Lipinski definition) is 2. The van der Waals surface area contributed by atoms with E-state index in [1.54, 1.807) is 0 Å². The quantitative estimate of drug-likeness (QED) is 0.877. The lowest BCUT2D eigenvalue weighted by Crippen LogP contribution is -2.35. The molecule has 0 fully saturated rings. The van der Waals surface area contributed by atoms with Crippen molar-refractivity contribution in [2.45, 2.75) is 38.4 Å². The van der Waals surface area contributed by atoms with Gasteiger partial charge in [0.25, 0.3) is 0 Å². The van der Waals surface area contributed by atoms with Crippen molar-refractivity contribution in [2.24, 2.45) is 5.73 Å². The first-order chi connectivity index (χ1) is 8.81. The van der Waals surface area contributed by atoms with Crippen LogP contribution < -0.4 is 11.1 Å². The number of anilines is 1. The average Bonchev–Trinajstić information content (AvgIpc) is 2.27. The summed E-state index contributed by atoms with van der Waals surface area (Å²) in [6, 6.07) is 5.05. The summed E-state index contributed by atoms with van der Waals surface area (Å²) < 4.78 is 36.8. The monoisotopic (exact) mass is 310 g/mol. The van der Waals surface area contributed by atoms with Crippen molar-refractivity contribution in [3.63, 3.8) is 0 Å². The van der Waals surface area contributed by atoms with Gasteiger partial charge in [0, 0.05) is 5.69 Å². The number of rotatable bonds is 5. The normalized spacial score (nSPS) is 12.4. The summed E-state index contributed by atoms with van der Waals surface area (Å²) in [6.45, 7) is 1.90. The van der Waals surface area contributed by atoms with Gasteiger partial charge in [-0.15, -0.1) is 12.4 Å². The zero-order valence-electron chi connectivity index (χ0n) is 11.0. The Labute approximate surface area is 122 Å². The van der Waals surface area contributed by atoms with Crippen molar-refractivity contribution in [1.82, 2.24) is 0 Å². The highest BCUT2D eigenvalue weighted by Crippen LogP contribution is 2.22. The largest absolute Gasteiger partial charge is 0.393 e. The number of alkyl halides is 3. The van der Waals surface area contributed by atoms with Crippen LogP contribution in [0.15, 0.2) is 24.3 Å². The third-order valence-corrected chi connectivity index (χ3v) is 2.54. The van der Waals surface area contributed by atoms with Crippen LogP contribution in [0.2, 0.25) is 0 Å². The number of benzene rings is 1. The van der Waals surface area contributed by atoms with Gasteiger partial charge in [0.1, 0.15) is 0 Å². The van der Waals surface area contributed by atoms with Crippen LogP contribution in [0, 0.1) is 0 Å². The second-order valence-corrected chi connectivity index (χ2v) is 4.38. The molecule has 0 saturated heterocycles. The van der Waals surface area contributed by atoms with E-state index in [1.165, 1.54) is 24.3 Å². The number of amides is 1. The zero-order valence-corrected chi connectivity index (χ0v) is 11.9. The fraction of sp³-hybridized carbons (Fsp3) is 0.462. The molecular formula is C13H18ClF3N2O. The van der Waals surface area contributed by atoms with Crippen LogP contribution in [-0.4, -0.2) is 18.1 Å². The SMILES string of the molecule is CCCC(N)C(=O)Nc1cccc(CC(F)(F)F)c1.Cl. The first-order valence-corrected chi connectivity index (χ1v) is 6.04. The molecule has 7 heteroatoms. The molecule has 0 radical (unpaired) electrons. The van der Waals surface area contributed by atoms with Gasteiger partial charge in [0.05, 0.1) is 12.5 Å². The van der Waals surface area contributed by atoms with E-state index in [-0.39, 0.29) is 23.9 Å². The Hall–Kier alpha value is -1.27. The third-order valence-electron chi connectivity index (χ3n) is 2.54. The molecule has 114 valence electrons. The lowest BCUT2D eigenvalue weighted by Gasteiger charge is -2.12. The van der Waals surface area contributed by atoms with E-state index in [9.17, 15) is 18.0 Å². The minimum atomic E-state index is -4.26. The van der Waals surface area contributed by atoms with Gasteiger partial charge >= 0.3 is 6.18 Å². The van der Waals surface area contributed by atoms with E-state index in [0.29, 0.717) is 12.1 Å². The molecule has 3 N–H and O–H groups in total. The molecular weight excluding hydrogens is 293 g/mol. The molecule has 0 aliphatic rings. The molecule has 0 spiro atoms. The zero-order chi connectivity index (χ0) is 14.5. The van der Waals surface area contributed by atoms with Crippen molar-refractivity contribution >= 4 is 24.0 Å². The number of carbonyl (C=O) groups is 1. The van der Waals surface area contributed by atoms with Crippen LogP contribution in [0.1, 0.15) is 25.3 Å². The van der Waals surface area contributed by atoms with E-state index in [0.717, 1.165) is 6.42 Å². The Morgan fingerprint density at radius 3 is 2.60 bits per heavy atom. The van der Waals surface area contributed by atoms with E-state index >= 15 is 0 Å². The third kappa shape index (κ3) is 6.77. The first kappa shape index (κ1) is 18.7. The lowest BCUT2D eigenvalue weighted by atomic mass is 10.1. The molecule has 1 unspecified atom stereocenters. The van der Waals surface area contributed by atoms with E-state index in [2.05, 4.69) is 5.32 Å². The number of nitrogens with two attached hydrogens (primary N) is 1. The molecule has 1 aromatic carbocycles. The van der Waals surface area contributed by atoms with Gasteiger partial charge < -0.3 is 11.1 Å². The molecule has 1 aromatic rings. The molecule has 20 heavy (non-hydrogen) atoms. The maximum Gasteiger partial charge on any atom is 0.393 e. The fourth-order valence-electron chi connectivity index (χ4n) is 1.67. The molecule has 0 saturated carbocycles. The number of nitrogens with one attached hydrogen (secondary N) is 1. The summed E-state index contributed by atoms with van der Waals surface area (Å²) in [4.78, 5) is 11.6. The molecule has 3 nitrogen and oxygen atoms in total. The van der Waals surface area contributed by atoms with E-state index in [4.69, 9.17) is 5.73 Å². The summed E-state index contributed by atoms with van der Waals surface area (Å²) in [5, 5.41) is 2.52. The molecule has 0 bridgehead atoms. The fourth-order valence-corrected chi connectivity index (χ4v) is 1.67. The highest BCUT2D eigenvalue weighted by Gasteiger charge is 2.27. The maximum absolute atomic E-state index is 12.3. The van der Waals surface area contributed by atoms with Gasteiger partial charge in [-0.3, -0.25) is 4.79 Å². The Morgan fingerprint density at radius 2 is 2.05 bits per heavy atom. The number of hydrogen-bond donors (Lipinski definition) is 2. The van der Waals surface area contributed by atoms with Gasteiger partial charge in [0.2, 0.25) is 5.91 Å². The minimum Gasteiger partial charge on any atom is -0.325 e. The topological polar surface area (TPSA) is 55.1 Å². The van der Waals surface area contributed by atoms with Crippen LogP contribution in [0.25, 0.3) is 0 Å². The van der Waals surface area contributed by atoms with Crippen LogP contribution in [0.5, 0.6) is 0 Å². The van der Waals surface area contributed by atoms with Crippen LogP contribution in [0.4, 0.5) is 18.9 Å². The molecule has 0 heterocycles. The highest BCUT2D eigenvalue weighted by molar-refractivity contribution is 5.94. The number of halogens is 4. The van der Waals surface area contributed by atoms with Crippen molar-refractivity contribution < 1.29 is 18.0 Å². The highest BCUT2D eigenvalue weighted by atomic mass is 35.5. The Kier molecular flexibility index (Phi) is 7.60. The van der Waals surface area contributed by atoms with E-state index in [1.807, 2.05) is 6.92 Å². The summed E-state index contributed by atoms with van der Waals surface area (Å²) in [7, 11) is 0. The molecule has 0 aromatic heterocycles. The van der Waals surface area contributed by atoms with Crippen LogP contribution >= 0.6 is 12.4 Å². The predicted octanol–water partition coefficient (Wildman–Crippen LogP) is 3.28. The van der Waals surface area contributed by atoms with Gasteiger partial charge in [0.15, 0.2) is 0 Å². The van der Waals surface area contributed by atoms with Crippen molar-refractivity contribution in [3.8, 4) is 0 Å². The maximum atomic E-state index is 12.3. The van der Waals surface area contributed by atoms with Crippen molar-refractivity contribution in [1.29, 1.82) is 0 Å². The predicted molar refractivity (Wildman–Crippen MR) is 75.0 cm³/mol. The second-order valence-electron chi connectivity index (χ2n) is 4.38. The van der Waals surface area contributed by atoms with Gasteiger partial charge in [-0.1, -0.05) is 25.5 Å². The Balaban J connectivity index is 0.00000361. The van der Waals surface area contributed by atoms with Crippen LogP contribution in [0.3, 0.4) is 0 Å². The smallest absolute Gasteiger partial charge is 0.325 e. The van der Waals surface area contributed by atoms with Crippen molar-refractivity contribution in [2.75, 3.05) is 5.32 Å². The Morgan fingerprint density at radius 1 is 1.40 bits per heavy atom. The first-order valence-electron chi connectivity index (χ1n) is 6.04. The van der Waals surface area contributed by atoms with Crippen LogP contribution in [-0.2, 0) is 11.2 Å². The molecule has 0 aliphatic carbocycles. The molecule has 0 aliphatic heterocycles. The summed E-state index contributed by atoms with van der Waals surface area (Å²) in [6.07, 6.45) is -3.98. The molecule has 1 amide bonds. The number of carbonyl (C=O) groups excluding carboxylic acids is 1. The Bertz CT molecular complexity index is 438. The summed E-state index contributed by atoms with van der Waals surface area (Å²) >= 11 is 0.